The van der Waals surface area contributed by atoms with E-state index in [1.54, 1.807) is 72.8 Å². The molecule has 4 aromatic carbocycles. The second-order valence-corrected chi connectivity index (χ2v) is 10.5. The van der Waals surface area contributed by atoms with Gasteiger partial charge in [0.05, 0.1) is 0 Å². The van der Waals surface area contributed by atoms with E-state index < -0.39 is 19.5 Å². The van der Waals surface area contributed by atoms with Gasteiger partial charge in [-0.25, -0.2) is 9.36 Å². The van der Waals surface area contributed by atoms with Gasteiger partial charge in [0.2, 0.25) is 0 Å². The molecule has 4 rings (SSSR count). The Morgan fingerprint density at radius 2 is 1.26 bits per heavy atom. The van der Waals surface area contributed by atoms with Crippen molar-refractivity contribution in [3.63, 3.8) is 0 Å². The Bertz CT molecular complexity index is 1340. The molecule has 0 aliphatic carbocycles. The molecule has 9 heteroatoms. The number of para-hydroxylation sites is 2. The third-order valence-electron chi connectivity index (χ3n) is 5.52. The topological polar surface area (TPSA) is 124 Å². The summed E-state index contributed by atoms with van der Waals surface area (Å²) in [6.45, 7) is 0.0378. The van der Waals surface area contributed by atoms with E-state index in [-0.39, 0.29) is 18.9 Å². The monoisotopic (exact) mass is 529 g/mol. The van der Waals surface area contributed by atoms with Crippen LogP contribution in [-0.2, 0) is 22.3 Å². The van der Waals surface area contributed by atoms with Gasteiger partial charge in [-0.2, -0.15) is 0 Å². The summed E-state index contributed by atoms with van der Waals surface area (Å²) in [5.74, 6) is -0.540. The highest BCUT2D eigenvalue weighted by Crippen LogP contribution is 2.53. The number of nitrogens with one attached hydrogen (secondary N) is 2. The Hall–Kier alpha value is -4.55. The van der Waals surface area contributed by atoms with Gasteiger partial charge >= 0.3 is 13.7 Å². The van der Waals surface area contributed by atoms with E-state index in [1.165, 1.54) is 0 Å². The fraction of sp³-hybridized carbons (Fsp3) is 0.103. The van der Waals surface area contributed by atoms with Gasteiger partial charge in [0.15, 0.2) is 5.78 Å². The van der Waals surface area contributed by atoms with E-state index in [0.717, 1.165) is 11.1 Å². The highest BCUT2D eigenvalue weighted by molar-refractivity contribution is 7.55. The van der Waals surface area contributed by atoms with Gasteiger partial charge in [-0.1, -0.05) is 91.0 Å². The van der Waals surface area contributed by atoms with Crippen LogP contribution in [0.4, 0.5) is 4.79 Å². The minimum absolute atomic E-state index is 0.0378. The predicted molar refractivity (Wildman–Crippen MR) is 146 cm³/mol. The number of carbonyl (C=O) groups excluding carboxylic acids is 1. The lowest BCUT2D eigenvalue weighted by molar-refractivity contribution is 0.137. The van der Waals surface area contributed by atoms with E-state index >= 15 is 0 Å². The number of hydrogen-bond acceptors (Lipinski definition) is 6. The van der Waals surface area contributed by atoms with Crippen molar-refractivity contribution in [1.29, 1.82) is 5.41 Å². The van der Waals surface area contributed by atoms with Crippen molar-refractivity contribution >= 4 is 19.5 Å². The second-order valence-electron chi connectivity index (χ2n) is 8.39. The first kappa shape index (κ1) is 26.5. The zero-order valence-corrected chi connectivity index (χ0v) is 21.4. The van der Waals surface area contributed by atoms with Gasteiger partial charge in [0.25, 0.3) is 0 Å². The standard InChI is InChI=1S/C29H28N3O5P/c30-28(31)24-18-16-22(17-19-24)20-27(32-29(33)35-21-23-10-4-1-5-11-23)38(34,36-25-12-6-2-7-13-25)37-26-14-8-3-9-15-26/h1-19,27H,20-21H2,(H3,30,31)(H,32,33). The van der Waals surface area contributed by atoms with Crippen molar-refractivity contribution in [2.75, 3.05) is 0 Å². The van der Waals surface area contributed by atoms with Gasteiger partial charge < -0.3 is 24.8 Å². The highest BCUT2D eigenvalue weighted by Gasteiger charge is 2.41. The van der Waals surface area contributed by atoms with Crippen LogP contribution >= 0.6 is 7.60 Å². The summed E-state index contributed by atoms with van der Waals surface area (Å²) in [6, 6.07) is 33.4. The van der Waals surface area contributed by atoms with E-state index in [1.807, 2.05) is 42.5 Å². The number of alkyl carbamates (subject to hydrolysis) is 1. The average molecular weight is 530 g/mol. The normalized spacial score (nSPS) is 11.7. The number of rotatable bonds is 11. The first-order valence-corrected chi connectivity index (χ1v) is 13.5. The molecule has 1 unspecified atom stereocenters. The highest BCUT2D eigenvalue weighted by atomic mass is 31.2. The van der Waals surface area contributed by atoms with Crippen LogP contribution in [0, 0.1) is 5.41 Å². The van der Waals surface area contributed by atoms with Crippen LogP contribution in [0.15, 0.2) is 115 Å². The number of benzene rings is 4. The van der Waals surface area contributed by atoms with Gasteiger partial charge in [0, 0.05) is 12.0 Å². The fourth-order valence-corrected chi connectivity index (χ4v) is 5.41. The lowest BCUT2D eigenvalue weighted by Crippen LogP contribution is -2.39. The van der Waals surface area contributed by atoms with Crippen molar-refractivity contribution in [2.24, 2.45) is 5.73 Å². The molecule has 0 aliphatic heterocycles. The van der Waals surface area contributed by atoms with Crippen molar-refractivity contribution in [1.82, 2.24) is 5.32 Å². The largest absolute Gasteiger partial charge is 0.453 e. The van der Waals surface area contributed by atoms with E-state index in [0.29, 0.717) is 17.1 Å². The van der Waals surface area contributed by atoms with Gasteiger partial charge in [0.1, 0.15) is 23.9 Å². The van der Waals surface area contributed by atoms with Crippen LogP contribution in [0.2, 0.25) is 0 Å². The Kier molecular flexibility index (Phi) is 8.80. The predicted octanol–water partition coefficient (Wildman–Crippen LogP) is 6.12. The lowest BCUT2D eigenvalue weighted by atomic mass is 10.1. The number of amides is 1. The van der Waals surface area contributed by atoms with Crippen LogP contribution in [0.5, 0.6) is 11.5 Å². The Morgan fingerprint density at radius 3 is 1.76 bits per heavy atom. The fourth-order valence-electron chi connectivity index (χ4n) is 3.59. The maximum absolute atomic E-state index is 14.5. The summed E-state index contributed by atoms with van der Waals surface area (Å²) in [5, 5.41) is 10.3. The maximum Gasteiger partial charge on any atom is 0.453 e. The summed E-state index contributed by atoms with van der Waals surface area (Å²) in [5.41, 5.74) is 7.65. The molecule has 0 heterocycles. The molecule has 38 heavy (non-hydrogen) atoms. The molecule has 0 aromatic heterocycles. The zero-order valence-electron chi connectivity index (χ0n) is 20.5. The van der Waals surface area contributed by atoms with E-state index in [4.69, 9.17) is 24.9 Å². The molecule has 0 aliphatic rings. The molecule has 0 radical (unpaired) electrons. The molecule has 1 amide bonds. The summed E-state index contributed by atoms with van der Waals surface area (Å²) >= 11 is 0. The zero-order chi connectivity index (χ0) is 26.8. The van der Waals surface area contributed by atoms with Gasteiger partial charge in [-0.05, 0) is 35.4 Å². The van der Waals surface area contributed by atoms with Crippen LogP contribution < -0.4 is 20.1 Å². The number of carbonyl (C=O) groups is 1. The SMILES string of the molecule is N=C(N)c1ccc(CC(NC(=O)OCc2ccccc2)P(=O)(Oc2ccccc2)Oc2ccccc2)cc1. The summed E-state index contributed by atoms with van der Waals surface area (Å²) in [4.78, 5) is 12.9. The molecular weight excluding hydrogens is 501 g/mol. The molecule has 194 valence electrons. The van der Waals surface area contributed by atoms with Gasteiger partial charge in [-0.15, -0.1) is 0 Å². The van der Waals surface area contributed by atoms with Crippen molar-refractivity contribution in [3.05, 3.63) is 132 Å². The molecule has 0 saturated carbocycles. The van der Waals surface area contributed by atoms with Crippen LogP contribution in [-0.4, -0.2) is 17.7 Å². The second kappa shape index (κ2) is 12.6. The summed E-state index contributed by atoms with van der Waals surface area (Å²) < 4.78 is 31.8. The third-order valence-corrected chi connectivity index (χ3v) is 7.53. The Labute approximate surface area is 221 Å². The van der Waals surface area contributed by atoms with Crippen LogP contribution in [0.3, 0.4) is 0 Å². The molecule has 4 N–H and O–H groups in total. The number of hydrogen-bond donors (Lipinski definition) is 3. The average Bonchev–Trinajstić information content (AvgIpc) is 2.93. The van der Waals surface area contributed by atoms with Crippen molar-refractivity contribution < 1.29 is 23.1 Å². The Balaban J connectivity index is 1.64. The molecule has 0 bridgehead atoms. The number of nitrogens with two attached hydrogens (primary N) is 1. The summed E-state index contributed by atoms with van der Waals surface area (Å²) in [6.07, 6.45) is -0.678. The number of ether oxygens (including phenoxy) is 1. The lowest BCUT2D eigenvalue weighted by Gasteiger charge is -2.28. The Morgan fingerprint density at radius 1 is 0.763 bits per heavy atom. The molecular formula is C29H28N3O5P. The molecule has 1 atom stereocenters. The van der Waals surface area contributed by atoms with E-state index in [9.17, 15) is 9.36 Å². The molecule has 0 fully saturated rings. The van der Waals surface area contributed by atoms with Gasteiger partial charge in [-0.3, -0.25) is 5.41 Å². The smallest absolute Gasteiger partial charge is 0.445 e. The van der Waals surface area contributed by atoms with Crippen molar-refractivity contribution in [3.8, 4) is 11.5 Å². The quantitative estimate of drug-likeness (QED) is 0.122. The first-order chi connectivity index (χ1) is 18.4. The third kappa shape index (κ3) is 7.48. The minimum Gasteiger partial charge on any atom is -0.445 e. The van der Waals surface area contributed by atoms with Crippen LogP contribution in [0.25, 0.3) is 0 Å². The first-order valence-electron chi connectivity index (χ1n) is 11.9. The molecule has 0 saturated heterocycles. The molecule has 0 spiro atoms. The number of nitrogen functional groups attached to an aromatic ring is 1. The maximum atomic E-state index is 14.5. The number of amidine groups is 1. The van der Waals surface area contributed by atoms with E-state index in [2.05, 4.69) is 5.32 Å². The molecule has 8 nitrogen and oxygen atoms in total. The van der Waals surface area contributed by atoms with Crippen molar-refractivity contribution in [2.45, 2.75) is 18.8 Å². The molecule has 4 aromatic rings. The summed E-state index contributed by atoms with van der Waals surface area (Å²) in [7, 11) is -4.10. The van der Waals surface area contributed by atoms with Crippen LogP contribution in [0.1, 0.15) is 16.7 Å². The minimum atomic E-state index is -4.10.